The molecule has 0 radical (unpaired) electrons. The van der Waals surface area contributed by atoms with Gasteiger partial charge in [-0.05, 0) is 42.5 Å². The normalized spacial score (nSPS) is 10.9. The number of ether oxygens (including phenoxy) is 1. The summed E-state index contributed by atoms with van der Waals surface area (Å²) in [6.45, 7) is 7.04. The third kappa shape index (κ3) is 8.37. The lowest BCUT2D eigenvalue weighted by Gasteiger charge is -2.28. The van der Waals surface area contributed by atoms with Gasteiger partial charge in [0, 0.05) is 43.5 Å². The Morgan fingerprint density at radius 2 is 1.89 bits per heavy atom. The summed E-state index contributed by atoms with van der Waals surface area (Å²) in [7, 11) is 1.61. The molecular weight excluding hydrogens is 458 g/mol. The van der Waals surface area contributed by atoms with Crippen LogP contribution in [0.1, 0.15) is 41.5 Å². The summed E-state index contributed by atoms with van der Waals surface area (Å²) in [5, 5.41) is 1.96. The van der Waals surface area contributed by atoms with Gasteiger partial charge in [-0.2, -0.15) is 0 Å². The first kappa shape index (κ1) is 26.7. The lowest BCUT2D eigenvalue weighted by Crippen LogP contribution is -2.44. The van der Waals surface area contributed by atoms with Crippen molar-refractivity contribution in [3.05, 3.63) is 81.8 Å². The van der Waals surface area contributed by atoms with E-state index >= 15 is 0 Å². The number of unbranched alkanes of at least 4 members (excludes halogenated alkanes) is 1. The number of carbonyl (C=O) groups is 2. The van der Waals surface area contributed by atoms with Gasteiger partial charge in [0.1, 0.15) is 0 Å². The van der Waals surface area contributed by atoms with Crippen molar-refractivity contribution in [1.29, 1.82) is 0 Å². The van der Waals surface area contributed by atoms with Crippen LogP contribution < -0.4 is 0 Å². The second-order valence-electron chi connectivity index (χ2n) is 8.85. The Labute approximate surface area is 213 Å². The maximum atomic E-state index is 13.5. The summed E-state index contributed by atoms with van der Waals surface area (Å²) in [6.07, 6.45) is 4.29. The first-order chi connectivity index (χ1) is 17.0. The van der Waals surface area contributed by atoms with E-state index in [2.05, 4.69) is 54.9 Å². The summed E-state index contributed by atoms with van der Waals surface area (Å²) >= 11 is 1.56. The fourth-order valence-electron chi connectivity index (χ4n) is 4.02. The Balaban J connectivity index is 1.71. The van der Waals surface area contributed by atoms with E-state index in [9.17, 15) is 9.59 Å². The van der Waals surface area contributed by atoms with Crippen molar-refractivity contribution in [2.24, 2.45) is 0 Å². The molecule has 0 spiro atoms. The van der Waals surface area contributed by atoms with Crippen molar-refractivity contribution in [3.8, 4) is 0 Å². The van der Waals surface area contributed by atoms with Gasteiger partial charge in [-0.25, -0.2) is 0 Å². The van der Waals surface area contributed by atoms with E-state index in [1.165, 1.54) is 11.1 Å². The van der Waals surface area contributed by atoms with Crippen LogP contribution in [0.2, 0.25) is 0 Å². The lowest BCUT2D eigenvalue weighted by molar-refractivity contribution is -0.141. The zero-order valence-electron chi connectivity index (χ0n) is 21.1. The van der Waals surface area contributed by atoms with E-state index < -0.39 is 0 Å². The van der Waals surface area contributed by atoms with Gasteiger partial charge in [0.2, 0.25) is 11.8 Å². The number of hydrogen-bond acceptors (Lipinski definition) is 4. The molecule has 188 valence electrons. The maximum absolute atomic E-state index is 13.5. The van der Waals surface area contributed by atoms with Crippen molar-refractivity contribution < 1.29 is 14.3 Å². The predicted molar refractivity (Wildman–Crippen MR) is 142 cm³/mol. The topological polar surface area (TPSA) is 54.8 Å². The molecule has 0 fully saturated rings. The predicted octanol–water partition coefficient (Wildman–Crippen LogP) is 4.75. The monoisotopic (exact) mass is 495 g/mol. The highest BCUT2D eigenvalue weighted by Gasteiger charge is 2.22. The number of methoxy groups -OCH3 is 1. The number of carbonyl (C=O) groups excluding carboxylic acids is 2. The molecule has 6 nitrogen and oxygen atoms in total. The van der Waals surface area contributed by atoms with E-state index in [0.29, 0.717) is 32.7 Å². The Hall–Kier alpha value is -2.90. The van der Waals surface area contributed by atoms with Crippen LogP contribution in [0.5, 0.6) is 0 Å². The molecule has 0 bridgehead atoms. The summed E-state index contributed by atoms with van der Waals surface area (Å²) in [5.41, 5.74) is 3.56. The molecular formula is C28H37N3O3S. The first-order valence-corrected chi connectivity index (χ1v) is 13.1. The maximum Gasteiger partial charge on any atom is 0.242 e. The quantitative estimate of drug-likeness (QED) is 0.324. The van der Waals surface area contributed by atoms with Crippen LogP contribution in [0.4, 0.5) is 0 Å². The smallest absolute Gasteiger partial charge is 0.242 e. The molecule has 0 unspecified atom stereocenters. The van der Waals surface area contributed by atoms with Crippen molar-refractivity contribution in [2.45, 2.75) is 46.2 Å². The molecule has 2 amide bonds. The van der Waals surface area contributed by atoms with Crippen molar-refractivity contribution >= 4 is 23.2 Å². The van der Waals surface area contributed by atoms with Gasteiger partial charge in [0.05, 0.1) is 26.1 Å². The molecule has 0 saturated carbocycles. The minimum absolute atomic E-state index is 0.0302. The number of hydrogen-bond donors (Lipinski definition) is 0. The van der Waals surface area contributed by atoms with Crippen LogP contribution in [0.3, 0.4) is 0 Å². The zero-order chi connectivity index (χ0) is 25.0. The van der Waals surface area contributed by atoms with Crippen LogP contribution in [0.25, 0.3) is 0 Å². The van der Waals surface area contributed by atoms with Crippen molar-refractivity contribution in [2.75, 3.05) is 33.4 Å². The molecule has 0 aliphatic carbocycles. The summed E-state index contributed by atoms with van der Waals surface area (Å²) in [5.74, 6) is -0.0755. The number of amides is 2. The van der Waals surface area contributed by atoms with E-state index in [0.717, 1.165) is 30.0 Å². The largest absolute Gasteiger partial charge is 0.383 e. The van der Waals surface area contributed by atoms with Gasteiger partial charge in [-0.3, -0.25) is 9.59 Å². The standard InChI is InChI=1S/C28H37N3O3S/c1-4-5-13-30(21-25-11-7-14-29(25)20-24-10-6-9-23(2)18-24)28(33)22-31(15-16-34-3)27(32)19-26-12-8-17-35-26/h6-12,14,17-18H,4-5,13,15-16,19-22H2,1-3H3. The van der Waals surface area contributed by atoms with Gasteiger partial charge >= 0.3 is 0 Å². The second kappa shape index (κ2) is 13.9. The Morgan fingerprint density at radius 3 is 2.60 bits per heavy atom. The third-order valence-corrected chi connectivity index (χ3v) is 6.87. The third-order valence-electron chi connectivity index (χ3n) is 6.00. The summed E-state index contributed by atoms with van der Waals surface area (Å²) in [6, 6.07) is 16.5. The Bertz CT molecular complexity index is 1060. The highest BCUT2D eigenvalue weighted by Crippen LogP contribution is 2.14. The minimum Gasteiger partial charge on any atom is -0.383 e. The summed E-state index contributed by atoms with van der Waals surface area (Å²) in [4.78, 5) is 31.0. The summed E-state index contributed by atoms with van der Waals surface area (Å²) < 4.78 is 7.41. The number of benzene rings is 1. The van der Waals surface area contributed by atoms with Crippen molar-refractivity contribution in [3.63, 3.8) is 0 Å². The van der Waals surface area contributed by atoms with Crippen LogP contribution in [0, 0.1) is 6.92 Å². The van der Waals surface area contributed by atoms with E-state index in [4.69, 9.17) is 4.74 Å². The average molecular weight is 496 g/mol. The Kier molecular flexibility index (Phi) is 10.6. The zero-order valence-corrected chi connectivity index (χ0v) is 21.9. The molecule has 3 rings (SSSR count). The van der Waals surface area contributed by atoms with Crippen LogP contribution >= 0.6 is 11.3 Å². The SMILES string of the molecule is CCCCN(Cc1cccn1Cc1cccc(C)c1)C(=O)CN(CCOC)C(=O)Cc1cccs1. The fourth-order valence-corrected chi connectivity index (χ4v) is 4.72. The van der Waals surface area contributed by atoms with E-state index in [-0.39, 0.29) is 18.4 Å². The van der Waals surface area contributed by atoms with Crippen LogP contribution in [0.15, 0.2) is 60.1 Å². The molecule has 3 aromatic rings. The van der Waals surface area contributed by atoms with Gasteiger partial charge < -0.3 is 19.1 Å². The molecule has 0 saturated heterocycles. The second-order valence-corrected chi connectivity index (χ2v) is 9.88. The highest BCUT2D eigenvalue weighted by atomic mass is 32.1. The molecule has 1 aromatic carbocycles. The van der Waals surface area contributed by atoms with Gasteiger partial charge in [-0.1, -0.05) is 49.2 Å². The van der Waals surface area contributed by atoms with Gasteiger partial charge in [-0.15, -0.1) is 11.3 Å². The van der Waals surface area contributed by atoms with Crippen LogP contribution in [-0.4, -0.2) is 59.5 Å². The molecule has 2 aromatic heterocycles. The number of thiophene rings is 1. The molecule has 0 aliphatic rings. The molecule has 2 heterocycles. The van der Waals surface area contributed by atoms with Crippen molar-refractivity contribution in [1.82, 2.24) is 14.4 Å². The number of aryl methyl sites for hydroxylation is 1. The molecule has 35 heavy (non-hydrogen) atoms. The average Bonchev–Trinajstić information content (AvgIpc) is 3.51. The number of nitrogens with zero attached hydrogens (tertiary/aromatic N) is 3. The van der Waals surface area contributed by atoms with Gasteiger partial charge in [0.25, 0.3) is 0 Å². The number of aromatic nitrogens is 1. The lowest BCUT2D eigenvalue weighted by atomic mass is 10.1. The first-order valence-electron chi connectivity index (χ1n) is 12.3. The van der Waals surface area contributed by atoms with E-state index in [1.54, 1.807) is 23.3 Å². The minimum atomic E-state index is -0.0453. The number of rotatable bonds is 14. The van der Waals surface area contributed by atoms with Crippen LogP contribution in [-0.2, 0) is 33.8 Å². The highest BCUT2D eigenvalue weighted by molar-refractivity contribution is 7.10. The van der Waals surface area contributed by atoms with E-state index in [1.807, 2.05) is 28.5 Å². The Morgan fingerprint density at radius 1 is 1.03 bits per heavy atom. The molecule has 7 heteroatoms. The fraction of sp³-hybridized carbons (Fsp3) is 0.429. The molecule has 0 N–H and O–H groups in total. The van der Waals surface area contributed by atoms with Gasteiger partial charge in [0.15, 0.2) is 0 Å². The molecule has 0 aliphatic heterocycles. The molecule has 0 atom stereocenters.